The molecular weight excluding hydrogens is 781 g/mol. The standard InChI is InChI=1S/C57H88O6/c1-4-7-10-13-16-19-22-24-26-27-28-29-31-32-35-38-41-44-47-50-56(59)62-53-54(52-61-55(58)49-46-43-40-37-34-21-18-15-12-9-6-3)63-57(60)51-48-45-42-39-36-33-30-25-23-20-17-14-11-8-5-2/h7-8,10-11,14-21,23-26,28-30,33-34,36,54H,4-6,9,12-13,22,27,31-32,35,37-53H2,1-3H3/b10-7-,11-8-,17-14-,18-15-,19-16-,23-20-,26-24-,29-28-,30-25-,34-21-,36-33-. The molecule has 0 fully saturated rings. The van der Waals surface area contributed by atoms with Gasteiger partial charge in [0.05, 0.1) is 0 Å². The van der Waals surface area contributed by atoms with Gasteiger partial charge in [-0.3, -0.25) is 14.4 Å². The first-order valence-electron chi connectivity index (χ1n) is 24.8. The van der Waals surface area contributed by atoms with Gasteiger partial charge in [0.25, 0.3) is 0 Å². The maximum atomic E-state index is 12.8. The molecule has 0 aromatic carbocycles. The van der Waals surface area contributed by atoms with E-state index in [1.165, 1.54) is 25.7 Å². The summed E-state index contributed by atoms with van der Waals surface area (Å²) in [5.74, 6) is -1.01. The summed E-state index contributed by atoms with van der Waals surface area (Å²) in [6, 6.07) is 0. The van der Waals surface area contributed by atoms with E-state index in [0.29, 0.717) is 19.3 Å². The molecule has 63 heavy (non-hydrogen) atoms. The average molecular weight is 869 g/mol. The van der Waals surface area contributed by atoms with Gasteiger partial charge in [-0.1, -0.05) is 206 Å². The van der Waals surface area contributed by atoms with E-state index in [-0.39, 0.29) is 37.5 Å². The zero-order chi connectivity index (χ0) is 45.8. The Hall–Kier alpha value is -4.45. The third-order valence-electron chi connectivity index (χ3n) is 9.78. The molecule has 0 amide bonds. The van der Waals surface area contributed by atoms with Gasteiger partial charge in [-0.15, -0.1) is 0 Å². The molecule has 6 nitrogen and oxygen atoms in total. The highest BCUT2D eigenvalue weighted by Crippen LogP contribution is 2.12. The van der Waals surface area contributed by atoms with Crippen molar-refractivity contribution in [2.24, 2.45) is 0 Å². The van der Waals surface area contributed by atoms with Crippen molar-refractivity contribution < 1.29 is 28.6 Å². The van der Waals surface area contributed by atoms with E-state index >= 15 is 0 Å². The van der Waals surface area contributed by atoms with Crippen LogP contribution in [-0.2, 0) is 28.6 Å². The zero-order valence-corrected chi connectivity index (χ0v) is 40.0. The lowest BCUT2D eigenvalue weighted by molar-refractivity contribution is -0.167. The lowest BCUT2D eigenvalue weighted by atomic mass is 10.1. The fourth-order valence-electron chi connectivity index (χ4n) is 6.08. The molecule has 0 aliphatic heterocycles. The number of hydrogen-bond acceptors (Lipinski definition) is 6. The fraction of sp³-hybridized carbons (Fsp3) is 0.561. The molecule has 0 bridgehead atoms. The Morgan fingerprint density at radius 3 is 1.19 bits per heavy atom. The summed E-state index contributed by atoms with van der Waals surface area (Å²) in [6.07, 6.45) is 70.0. The molecule has 0 heterocycles. The number of rotatable bonds is 42. The van der Waals surface area contributed by atoms with Crippen LogP contribution >= 0.6 is 0 Å². The third kappa shape index (κ3) is 48.4. The Morgan fingerprint density at radius 1 is 0.349 bits per heavy atom. The van der Waals surface area contributed by atoms with Crippen LogP contribution in [-0.4, -0.2) is 37.2 Å². The van der Waals surface area contributed by atoms with Gasteiger partial charge >= 0.3 is 17.9 Å². The zero-order valence-electron chi connectivity index (χ0n) is 40.0. The molecule has 0 N–H and O–H groups in total. The number of ether oxygens (including phenoxy) is 3. The van der Waals surface area contributed by atoms with Crippen molar-refractivity contribution in [2.75, 3.05) is 13.2 Å². The number of unbranched alkanes of at least 4 members (excludes halogenated alkanes) is 14. The van der Waals surface area contributed by atoms with Gasteiger partial charge in [-0.25, -0.2) is 0 Å². The molecule has 1 unspecified atom stereocenters. The lowest BCUT2D eigenvalue weighted by Gasteiger charge is -2.18. The Kier molecular flexibility index (Phi) is 46.7. The van der Waals surface area contributed by atoms with Crippen molar-refractivity contribution in [1.29, 1.82) is 0 Å². The molecule has 0 spiro atoms. The van der Waals surface area contributed by atoms with Gasteiger partial charge in [-0.2, -0.15) is 0 Å². The molecular formula is C57H88O6. The van der Waals surface area contributed by atoms with Crippen LogP contribution in [0.25, 0.3) is 0 Å². The predicted molar refractivity (Wildman–Crippen MR) is 269 cm³/mol. The van der Waals surface area contributed by atoms with Gasteiger partial charge in [-0.05, 0) is 96.3 Å². The summed E-state index contributed by atoms with van der Waals surface area (Å²) < 4.78 is 16.7. The van der Waals surface area contributed by atoms with Gasteiger partial charge in [0.15, 0.2) is 6.10 Å². The number of hydrogen-bond donors (Lipinski definition) is 0. The molecule has 0 aliphatic carbocycles. The second kappa shape index (κ2) is 50.2. The molecule has 352 valence electrons. The Morgan fingerprint density at radius 2 is 0.698 bits per heavy atom. The minimum Gasteiger partial charge on any atom is -0.462 e. The van der Waals surface area contributed by atoms with Gasteiger partial charge in [0.1, 0.15) is 13.2 Å². The van der Waals surface area contributed by atoms with Crippen molar-refractivity contribution in [3.8, 4) is 0 Å². The van der Waals surface area contributed by atoms with Crippen LogP contribution in [0.15, 0.2) is 134 Å². The smallest absolute Gasteiger partial charge is 0.306 e. The number of carbonyl (C=O) groups is 3. The summed E-state index contributed by atoms with van der Waals surface area (Å²) in [5.41, 5.74) is 0. The van der Waals surface area contributed by atoms with Crippen LogP contribution in [0.4, 0.5) is 0 Å². The first-order chi connectivity index (χ1) is 31.0. The van der Waals surface area contributed by atoms with E-state index < -0.39 is 6.10 Å². The highest BCUT2D eigenvalue weighted by molar-refractivity contribution is 5.71. The maximum absolute atomic E-state index is 12.8. The summed E-state index contributed by atoms with van der Waals surface area (Å²) in [5, 5.41) is 0. The minimum absolute atomic E-state index is 0.117. The molecule has 0 aromatic heterocycles. The Labute approximate surface area is 385 Å². The van der Waals surface area contributed by atoms with Gasteiger partial charge in [0, 0.05) is 19.3 Å². The van der Waals surface area contributed by atoms with Crippen LogP contribution in [0.2, 0.25) is 0 Å². The van der Waals surface area contributed by atoms with E-state index in [9.17, 15) is 14.4 Å². The van der Waals surface area contributed by atoms with E-state index in [2.05, 4.69) is 106 Å². The van der Waals surface area contributed by atoms with E-state index in [0.717, 1.165) is 116 Å². The number of esters is 3. The molecule has 0 saturated carbocycles. The van der Waals surface area contributed by atoms with Gasteiger partial charge in [0.2, 0.25) is 0 Å². The molecule has 0 radical (unpaired) electrons. The maximum Gasteiger partial charge on any atom is 0.306 e. The molecule has 0 aliphatic rings. The highest BCUT2D eigenvalue weighted by atomic mass is 16.6. The number of allylic oxidation sites excluding steroid dienone is 22. The average Bonchev–Trinajstić information content (AvgIpc) is 3.28. The van der Waals surface area contributed by atoms with Crippen molar-refractivity contribution in [3.63, 3.8) is 0 Å². The normalized spacial score (nSPS) is 13.3. The molecule has 1 atom stereocenters. The second-order valence-corrected chi connectivity index (χ2v) is 15.8. The van der Waals surface area contributed by atoms with Crippen LogP contribution in [0.3, 0.4) is 0 Å². The van der Waals surface area contributed by atoms with Crippen LogP contribution in [0.5, 0.6) is 0 Å². The third-order valence-corrected chi connectivity index (χ3v) is 9.78. The number of carbonyl (C=O) groups excluding carboxylic acids is 3. The first kappa shape index (κ1) is 58.6. The van der Waals surface area contributed by atoms with Crippen LogP contribution in [0.1, 0.15) is 188 Å². The summed E-state index contributed by atoms with van der Waals surface area (Å²) in [4.78, 5) is 37.9. The minimum atomic E-state index is -0.821. The van der Waals surface area contributed by atoms with Crippen molar-refractivity contribution in [3.05, 3.63) is 134 Å². The van der Waals surface area contributed by atoms with E-state index in [1.807, 2.05) is 48.6 Å². The first-order valence-corrected chi connectivity index (χ1v) is 24.8. The van der Waals surface area contributed by atoms with E-state index in [1.54, 1.807) is 0 Å². The summed E-state index contributed by atoms with van der Waals surface area (Å²) >= 11 is 0. The molecule has 0 saturated heterocycles. The van der Waals surface area contributed by atoms with Crippen molar-refractivity contribution >= 4 is 17.9 Å². The molecule has 0 aromatic rings. The molecule has 6 heteroatoms. The highest BCUT2D eigenvalue weighted by Gasteiger charge is 2.19. The Balaban J connectivity index is 4.52. The largest absolute Gasteiger partial charge is 0.462 e. The predicted octanol–water partition coefficient (Wildman–Crippen LogP) is 16.3. The van der Waals surface area contributed by atoms with E-state index in [4.69, 9.17) is 14.2 Å². The SMILES string of the molecule is CC\C=C/C=C\C=C/C=C\C=C/CCCCCC(=O)OC(COC(=O)CCCCC/C=C\C=C/CCCC)COC(=O)CCCCCCCC/C=C\C/C=C\C/C=C\C/C=C\CC. The summed E-state index contributed by atoms with van der Waals surface area (Å²) in [6.45, 7) is 6.22. The van der Waals surface area contributed by atoms with Crippen molar-refractivity contribution in [1.82, 2.24) is 0 Å². The lowest BCUT2D eigenvalue weighted by Crippen LogP contribution is -2.30. The Bertz CT molecular complexity index is 1420. The quantitative estimate of drug-likeness (QED) is 0.0200. The second-order valence-electron chi connectivity index (χ2n) is 15.8. The van der Waals surface area contributed by atoms with Crippen LogP contribution < -0.4 is 0 Å². The summed E-state index contributed by atoms with van der Waals surface area (Å²) in [7, 11) is 0. The molecule has 0 rings (SSSR count). The van der Waals surface area contributed by atoms with Crippen LogP contribution in [0, 0.1) is 0 Å². The van der Waals surface area contributed by atoms with Crippen molar-refractivity contribution in [2.45, 2.75) is 194 Å². The monoisotopic (exact) mass is 869 g/mol. The fourth-order valence-corrected chi connectivity index (χ4v) is 6.08. The van der Waals surface area contributed by atoms with Gasteiger partial charge < -0.3 is 14.2 Å². The topological polar surface area (TPSA) is 78.9 Å².